The van der Waals surface area contributed by atoms with Gasteiger partial charge in [0.2, 0.25) is 16.0 Å². The fraction of sp³-hybridized carbons (Fsp3) is 0.524. The van der Waals surface area contributed by atoms with Crippen molar-refractivity contribution in [2.45, 2.75) is 50.0 Å². The van der Waals surface area contributed by atoms with Gasteiger partial charge in [0.1, 0.15) is 5.82 Å². The first-order chi connectivity index (χ1) is 14.4. The zero-order valence-corrected chi connectivity index (χ0v) is 19.6. The summed E-state index contributed by atoms with van der Waals surface area (Å²) in [4.78, 5) is 11.8. The maximum atomic E-state index is 13.0. The maximum Gasteiger partial charge on any atom is 0.244 e. The lowest BCUT2D eigenvalue weighted by atomic mass is 9.96. The number of nitrogens with zero attached hydrogens (tertiary/aromatic N) is 4. The van der Waals surface area contributed by atoms with E-state index in [2.05, 4.69) is 31.1 Å². The molecule has 30 heavy (non-hydrogen) atoms. The van der Waals surface area contributed by atoms with Crippen LogP contribution in [-0.2, 0) is 10.0 Å². The second-order valence-electron chi connectivity index (χ2n) is 7.99. The number of hydrogen-bond acceptors (Lipinski definition) is 6. The van der Waals surface area contributed by atoms with Crippen LogP contribution < -0.4 is 10.2 Å². The molecule has 4 rings (SSSR count). The smallest absolute Gasteiger partial charge is 0.244 e. The summed E-state index contributed by atoms with van der Waals surface area (Å²) >= 11 is 3.36. The molecule has 1 saturated heterocycles. The van der Waals surface area contributed by atoms with Crippen molar-refractivity contribution in [3.05, 3.63) is 40.5 Å². The van der Waals surface area contributed by atoms with Gasteiger partial charge in [-0.25, -0.2) is 13.4 Å². The molecular weight excluding hydrogens is 466 g/mol. The minimum atomic E-state index is -3.52. The molecule has 162 valence electrons. The molecule has 1 saturated carbocycles. The van der Waals surface area contributed by atoms with Gasteiger partial charge in [-0.1, -0.05) is 31.4 Å². The predicted octanol–water partition coefficient (Wildman–Crippen LogP) is 3.80. The van der Waals surface area contributed by atoms with Crippen LogP contribution in [-0.4, -0.2) is 54.9 Å². The van der Waals surface area contributed by atoms with Gasteiger partial charge in [0, 0.05) is 48.5 Å². The fourth-order valence-corrected chi connectivity index (χ4v) is 6.54. The van der Waals surface area contributed by atoms with Crippen molar-refractivity contribution < 1.29 is 8.42 Å². The molecule has 2 aliphatic rings. The minimum absolute atomic E-state index is 0.315. The molecule has 0 atom stereocenters. The van der Waals surface area contributed by atoms with Gasteiger partial charge >= 0.3 is 0 Å². The Morgan fingerprint density at radius 2 is 1.73 bits per heavy atom. The quantitative estimate of drug-likeness (QED) is 0.682. The van der Waals surface area contributed by atoms with Crippen LogP contribution in [0.15, 0.2) is 39.7 Å². The van der Waals surface area contributed by atoms with Crippen LogP contribution in [0, 0.1) is 6.92 Å². The third kappa shape index (κ3) is 4.78. The van der Waals surface area contributed by atoms with Crippen molar-refractivity contribution in [1.82, 2.24) is 14.3 Å². The van der Waals surface area contributed by atoms with Crippen LogP contribution in [0.5, 0.6) is 0 Å². The lowest BCUT2D eigenvalue weighted by molar-refractivity contribution is 0.383. The van der Waals surface area contributed by atoms with Gasteiger partial charge in [-0.3, -0.25) is 0 Å². The lowest BCUT2D eigenvalue weighted by Crippen LogP contribution is -2.49. The van der Waals surface area contributed by atoms with Crippen LogP contribution in [0.2, 0.25) is 0 Å². The van der Waals surface area contributed by atoms with E-state index in [0.717, 1.165) is 24.4 Å². The van der Waals surface area contributed by atoms with Crippen LogP contribution in [0.1, 0.15) is 37.8 Å². The second kappa shape index (κ2) is 9.20. The largest absolute Gasteiger partial charge is 0.354 e. The number of halogens is 1. The van der Waals surface area contributed by atoms with Crippen molar-refractivity contribution in [2.24, 2.45) is 0 Å². The molecule has 2 heterocycles. The topological polar surface area (TPSA) is 78.4 Å². The average molecular weight is 494 g/mol. The van der Waals surface area contributed by atoms with E-state index in [-0.39, 0.29) is 0 Å². The number of nitrogens with one attached hydrogen (secondary N) is 1. The molecule has 7 nitrogen and oxygen atoms in total. The van der Waals surface area contributed by atoms with Gasteiger partial charge in [-0.15, -0.1) is 0 Å². The van der Waals surface area contributed by atoms with Crippen molar-refractivity contribution in [3.8, 4) is 0 Å². The molecule has 9 heteroatoms. The van der Waals surface area contributed by atoms with E-state index in [1.165, 1.54) is 19.3 Å². The summed E-state index contributed by atoms with van der Waals surface area (Å²) in [5, 5.41) is 3.50. The number of anilines is 2. The first-order valence-electron chi connectivity index (χ1n) is 10.6. The van der Waals surface area contributed by atoms with Gasteiger partial charge in [-0.2, -0.15) is 9.29 Å². The van der Waals surface area contributed by atoms with Crippen LogP contribution >= 0.6 is 15.9 Å². The van der Waals surface area contributed by atoms with E-state index in [9.17, 15) is 8.42 Å². The summed E-state index contributed by atoms with van der Waals surface area (Å²) in [6.45, 7) is 4.03. The van der Waals surface area contributed by atoms with Gasteiger partial charge in [0.05, 0.1) is 4.90 Å². The van der Waals surface area contributed by atoms with Crippen molar-refractivity contribution in [1.29, 1.82) is 0 Å². The molecule has 0 radical (unpaired) electrons. The minimum Gasteiger partial charge on any atom is -0.354 e. The highest BCUT2D eigenvalue weighted by Gasteiger charge is 2.30. The van der Waals surface area contributed by atoms with E-state index >= 15 is 0 Å². The second-order valence-corrected chi connectivity index (χ2v) is 10.8. The van der Waals surface area contributed by atoms with Gasteiger partial charge < -0.3 is 10.2 Å². The molecule has 0 amide bonds. The number of benzene rings is 1. The van der Waals surface area contributed by atoms with Crippen LogP contribution in [0.3, 0.4) is 0 Å². The third-order valence-corrected chi connectivity index (χ3v) is 8.71. The van der Waals surface area contributed by atoms with E-state index in [1.54, 1.807) is 22.5 Å². The first-order valence-corrected chi connectivity index (χ1v) is 12.8. The number of sulfonamides is 1. The fourth-order valence-electron chi connectivity index (χ4n) is 4.16. The zero-order chi connectivity index (χ0) is 21.1. The molecule has 2 fully saturated rings. The van der Waals surface area contributed by atoms with Crippen molar-refractivity contribution in [2.75, 3.05) is 36.4 Å². The summed E-state index contributed by atoms with van der Waals surface area (Å²) in [5.74, 6) is 1.54. The SMILES string of the molecule is Cc1cc(N2CCN(S(=O)(=O)c3ccccc3Br)CC2)nc(NC2CCCCC2)n1. The monoisotopic (exact) mass is 493 g/mol. The van der Waals surface area contributed by atoms with E-state index in [0.29, 0.717) is 47.5 Å². The average Bonchev–Trinajstić information content (AvgIpc) is 2.74. The highest BCUT2D eigenvalue weighted by molar-refractivity contribution is 9.10. The van der Waals surface area contributed by atoms with Crippen LogP contribution in [0.4, 0.5) is 11.8 Å². The van der Waals surface area contributed by atoms with E-state index in [4.69, 9.17) is 4.98 Å². The predicted molar refractivity (Wildman–Crippen MR) is 122 cm³/mol. The van der Waals surface area contributed by atoms with E-state index in [1.807, 2.05) is 19.1 Å². The molecule has 1 aliphatic carbocycles. The zero-order valence-electron chi connectivity index (χ0n) is 17.2. The molecule has 2 aromatic rings. The Kier molecular flexibility index (Phi) is 6.60. The van der Waals surface area contributed by atoms with Gasteiger partial charge in [-0.05, 0) is 47.8 Å². The highest BCUT2D eigenvalue weighted by Crippen LogP contribution is 2.27. The van der Waals surface area contributed by atoms with Gasteiger partial charge in [0.25, 0.3) is 0 Å². The summed E-state index contributed by atoms with van der Waals surface area (Å²) in [6, 6.07) is 9.38. The number of piperazine rings is 1. The molecule has 0 unspecified atom stereocenters. The van der Waals surface area contributed by atoms with E-state index < -0.39 is 10.0 Å². The number of rotatable bonds is 5. The highest BCUT2D eigenvalue weighted by atomic mass is 79.9. The maximum absolute atomic E-state index is 13.0. The van der Waals surface area contributed by atoms with Crippen molar-refractivity contribution in [3.63, 3.8) is 0 Å². The number of hydrogen-bond donors (Lipinski definition) is 1. The van der Waals surface area contributed by atoms with Crippen LogP contribution in [0.25, 0.3) is 0 Å². The molecule has 1 aliphatic heterocycles. The molecule has 1 aromatic carbocycles. The normalized spacial score (nSPS) is 19.1. The first kappa shape index (κ1) is 21.5. The molecule has 1 N–H and O–H groups in total. The molecule has 1 aromatic heterocycles. The Morgan fingerprint density at radius 1 is 1.03 bits per heavy atom. The Labute approximate surface area is 187 Å². The number of aromatic nitrogens is 2. The Balaban J connectivity index is 1.44. The summed E-state index contributed by atoms with van der Waals surface area (Å²) in [6.07, 6.45) is 6.15. The Bertz CT molecular complexity index is 987. The standard InChI is InChI=1S/C21H28BrN5O2S/c1-16-15-20(25-21(23-16)24-17-7-3-2-4-8-17)26-11-13-27(14-12-26)30(28,29)19-10-6-5-9-18(19)22/h5-6,9-10,15,17H,2-4,7-8,11-14H2,1H3,(H,23,24,25). The number of aryl methyl sites for hydroxylation is 1. The van der Waals surface area contributed by atoms with Crippen molar-refractivity contribution >= 4 is 37.7 Å². The summed E-state index contributed by atoms with van der Waals surface area (Å²) in [7, 11) is -3.52. The summed E-state index contributed by atoms with van der Waals surface area (Å²) < 4.78 is 28.2. The molecule has 0 spiro atoms. The summed E-state index contributed by atoms with van der Waals surface area (Å²) in [5.41, 5.74) is 0.918. The molecule has 0 bridgehead atoms. The lowest BCUT2D eigenvalue weighted by Gasteiger charge is -2.35. The third-order valence-electron chi connectivity index (χ3n) is 5.80. The molecular formula is C21H28BrN5O2S. The van der Waals surface area contributed by atoms with Gasteiger partial charge in [0.15, 0.2) is 0 Å². The Morgan fingerprint density at radius 3 is 2.43 bits per heavy atom. The Hall–Kier alpha value is -1.71.